The van der Waals surface area contributed by atoms with Gasteiger partial charge >= 0.3 is 0 Å². The third-order valence-electron chi connectivity index (χ3n) is 8.87. The zero-order valence-corrected chi connectivity index (χ0v) is 27.9. The predicted molar refractivity (Wildman–Crippen MR) is 192 cm³/mol. The number of ether oxygens (including phenoxy) is 2. The highest BCUT2D eigenvalue weighted by Gasteiger charge is 2.20. The molecule has 0 saturated carbocycles. The minimum atomic E-state index is -0.00900. The third kappa shape index (κ3) is 5.54. The minimum absolute atomic E-state index is 0.00900. The lowest BCUT2D eigenvalue weighted by molar-refractivity contribution is 0.415. The molecule has 0 aliphatic heterocycles. The highest BCUT2D eigenvalue weighted by atomic mass is 16.5. The standard InChI is InChI=1S/C41H40N4O2/c1-7-35-40(27-13-10-9-11-14-27)36(8-2)45(43-35)29-15-12-16-31(24-29)47-32-17-19-33-34-25-30(46-6)18-20-37(34)44(38(33)26-32)39-23-28(21-22-42-39)41(3,4)5/h9-26H,7-8H2,1-6H3. The first kappa shape index (κ1) is 30.3. The van der Waals surface area contributed by atoms with E-state index in [4.69, 9.17) is 19.6 Å². The summed E-state index contributed by atoms with van der Waals surface area (Å²) in [5.74, 6) is 3.18. The molecule has 0 fully saturated rings. The first-order valence-electron chi connectivity index (χ1n) is 16.3. The fraction of sp³-hybridized carbons (Fsp3) is 0.220. The molecule has 4 aromatic carbocycles. The molecule has 0 saturated heterocycles. The molecule has 0 aliphatic rings. The molecule has 6 nitrogen and oxygen atoms in total. The van der Waals surface area contributed by atoms with E-state index in [1.54, 1.807) is 7.11 Å². The quantitative estimate of drug-likeness (QED) is 0.170. The van der Waals surface area contributed by atoms with Crippen molar-refractivity contribution >= 4 is 21.8 Å². The average molecular weight is 621 g/mol. The van der Waals surface area contributed by atoms with Crippen molar-refractivity contribution < 1.29 is 9.47 Å². The first-order valence-corrected chi connectivity index (χ1v) is 16.3. The van der Waals surface area contributed by atoms with Crippen LogP contribution in [0.15, 0.2) is 109 Å². The normalized spacial score (nSPS) is 11.8. The summed E-state index contributed by atoms with van der Waals surface area (Å²) < 4.78 is 16.5. The topological polar surface area (TPSA) is 54.1 Å². The fourth-order valence-corrected chi connectivity index (χ4v) is 6.47. The SMILES string of the molecule is CCc1nn(-c2cccc(Oc3ccc4c5cc(OC)ccc5n(-c5cc(C(C)(C)C)ccn5)c4c3)c2)c(CC)c1-c1ccccc1. The van der Waals surface area contributed by atoms with Gasteiger partial charge in [-0.25, -0.2) is 9.67 Å². The van der Waals surface area contributed by atoms with E-state index in [2.05, 4.69) is 123 Å². The maximum atomic E-state index is 6.58. The second-order valence-electron chi connectivity index (χ2n) is 12.9. The molecular weight excluding hydrogens is 580 g/mol. The highest BCUT2D eigenvalue weighted by Crippen LogP contribution is 2.38. The van der Waals surface area contributed by atoms with E-state index in [0.717, 1.165) is 69.1 Å². The van der Waals surface area contributed by atoms with Crippen LogP contribution in [0.5, 0.6) is 17.2 Å². The number of fused-ring (bicyclic) bond motifs is 3. The molecule has 0 unspecified atom stereocenters. The van der Waals surface area contributed by atoms with E-state index in [9.17, 15) is 0 Å². The number of methoxy groups -OCH3 is 1. The van der Waals surface area contributed by atoms with Crippen molar-refractivity contribution in [3.8, 4) is 39.9 Å². The molecule has 6 heteroatoms. The monoisotopic (exact) mass is 620 g/mol. The predicted octanol–water partition coefficient (Wildman–Crippen LogP) is 10.3. The zero-order valence-electron chi connectivity index (χ0n) is 27.9. The Balaban J connectivity index is 1.32. The highest BCUT2D eigenvalue weighted by molar-refractivity contribution is 6.10. The molecule has 0 amide bonds. The van der Waals surface area contributed by atoms with E-state index >= 15 is 0 Å². The molecule has 47 heavy (non-hydrogen) atoms. The lowest BCUT2D eigenvalue weighted by Gasteiger charge is -2.20. The van der Waals surface area contributed by atoms with Crippen molar-refractivity contribution in [2.45, 2.75) is 52.9 Å². The van der Waals surface area contributed by atoms with Gasteiger partial charge in [-0.1, -0.05) is 71.0 Å². The summed E-state index contributed by atoms with van der Waals surface area (Å²) in [6.07, 6.45) is 3.61. The average Bonchev–Trinajstić information content (AvgIpc) is 3.63. The number of pyridine rings is 1. The molecule has 3 heterocycles. The van der Waals surface area contributed by atoms with Crippen molar-refractivity contribution in [3.63, 3.8) is 0 Å². The van der Waals surface area contributed by atoms with Crippen molar-refractivity contribution in [3.05, 3.63) is 126 Å². The zero-order chi connectivity index (χ0) is 32.7. The Morgan fingerprint density at radius 2 is 1.49 bits per heavy atom. The Kier molecular flexibility index (Phi) is 7.80. The lowest BCUT2D eigenvalue weighted by atomic mass is 9.88. The van der Waals surface area contributed by atoms with Crippen LogP contribution < -0.4 is 9.47 Å². The number of hydrogen-bond acceptors (Lipinski definition) is 4. The smallest absolute Gasteiger partial charge is 0.137 e. The van der Waals surface area contributed by atoms with Crippen LogP contribution in [0.3, 0.4) is 0 Å². The summed E-state index contributed by atoms with van der Waals surface area (Å²) in [5.41, 5.74) is 8.97. The van der Waals surface area contributed by atoms with Crippen LogP contribution in [0.1, 0.15) is 51.6 Å². The van der Waals surface area contributed by atoms with E-state index in [-0.39, 0.29) is 5.41 Å². The van der Waals surface area contributed by atoms with Crippen molar-refractivity contribution in [1.82, 2.24) is 19.3 Å². The van der Waals surface area contributed by atoms with Gasteiger partial charge in [-0.3, -0.25) is 4.57 Å². The van der Waals surface area contributed by atoms with Gasteiger partial charge in [0.2, 0.25) is 0 Å². The van der Waals surface area contributed by atoms with E-state index in [1.807, 2.05) is 30.5 Å². The van der Waals surface area contributed by atoms with Gasteiger partial charge in [-0.15, -0.1) is 0 Å². The second-order valence-corrected chi connectivity index (χ2v) is 12.9. The van der Waals surface area contributed by atoms with Gasteiger partial charge in [-0.05, 0) is 84.0 Å². The van der Waals surface area contributed by atoms with Crippen LogP contribution in [0.25, 0.3) is 44.4 Å². The van der Waals surface area contributed by atoms with Crippen LogP contribution in [-0.2, 0) is 18.3 Å². The molecule has 0 spiro atoms. The Labute approximate surface area is 276 Å². The van der Waals surface area contributed by atoms with Crippen molar-refractivity contribution in [2.24, 2.45) is 0 Å². The van der Waals surface area contributed by atoms with E-state index in [1.165, 1.54) is 22.4 Å². The van der Waals surface area contributed by atoms with Gasteiger partial charge in [0.15, 0.2) is 0 Å². The molecule has 236 valence electrons. The Morgan fingerprint density at radius 3 is 2.23 bits per heavy atom. The number of aromatic nitrogens is 4. The Bertz CT molecular complexity index is 2220. The van der Waals surface area contributed by atoms with Gasteiger partial charge in [0.1, 0.15) is 23.1 Å². The second kappa shape index (κ2) is 12.1. The lowest BCUT2D eigenvalue weighted by Crippen LogP contribution is -2.12. The van der Waals surface area contributed by atoms with E-state index < -0.39 is 0 Å². The summed E-state index contributed by atoms with van der Waals surface area (Å²) >= 11 is 0. The summed E-state index contributed by atoms with van der Waals surface area (Å²) in [6, 6.07) is 35.5. The summed E-state index contributed by atoms with van der Waals surface area (Å²) in [7, 11) is 1.70. The molecule has 0 aliphatic carbocycles. The van der Waals surface area contributed by atoms with E-state index in [0.29, 0.717) is 0 Å². The summed E-state index contributed by atoms with van der Waals surface area (Å²) in [4.78, 5) is 4.83. The molecule has 0 atom stereocenters. The van der Waals surface area contributed by atoms with Gasteiger partial charge < -0.3 is 9.47 Å². The maximum Gasteiger partial charge on any atom is 0.137 e. The number of hydrogen-bond donors (Lipinski definition) is 0. The largest absolute Gasteiger partial charge is 0.497 e. The van der Waals surface area contributed by atoms with Gasteiger partial charge in [0.25, 0.3) is 0 Å². The summed E-state index contributed by atoms with van der Waals surface area (Å²) in [5, 5.41) is 7.29. The minimum Gasteiger partial charge on any atom is -0.497 e. The summed E-state index contributed by atoms with van der Waals surface area (Å²) in [6.45, 7) is 11.0. The molecular formula is C41H40N4O2. The van der Waals surface area contributed by atoms with Crippen LogP contribution in [0, 0.1) is 0 Å². The molecule has 7 rings (SSSR count). The number of nitrogens with zero attached hydrogens (tertiary/aromatic N) is 4. The van der Waals surface area contributed by atoms with Crippen molar-refractivity contribution in [1.29, 1.82) is 0 Å². The number of rotatable bonds is 8. The van der Waals surface area contributed by atoms with Crippen LogP contribution in [0.4, 0.5) is 0 Å². The molecule has 3 aromatic heterocycles. The molecule has 0 radical (unpaired) electrons. The Hall–Kier alpha value is -5.36. The van der Waals surface area contributed by atoms with Crippen molar-refractivity contribution in [2.75, 3.05) is 7.11 Å². The first-order chi connectivity index (χ1) is 22.8. The van der Waals surface area contributed by atoms with Crippen LogP contribution in [0.2, 0.25) is 0 Å². The van der Waals surface area contributed by atoms with Crippen LogP contribution >= 0.6 is 0 Å². The van der Waals surface area contributed by atoms with Crippen LogP contribution in [-0.4, -0.2) is 26.4 Å². The number of aryl methyl sites for hydroxylation is 1. The fourth-order valence-electron chi connectivity index (χ4n) is 6.47. The van der Waals surface area contributed by atoms with Gasteiger partial charge in [0.05, 0.1) is 35.2 Å². The Morgan fingerprint density at radius 1 is 0.702 bits per heavy atom. The van der Waals surface area contributed by atoms with Gasteiger partial charge in [-0.2, -0.15) is 5.10 Å². The molecule has 7 aromatic rings. The molecule has 0 bridgehead atoms. The molecule has 0 N–H and O–H groups in total. The number of benzene rings is 4. The maximum absolute atomic E-state index is 6.58. The van der Waals surface area contributed by atoms with Gasteiger partial charge in [0, 0.05) is 34.7 Å². The third-order valence-corrected chi connectivity index (χ3v) is 8.87.